The number of rotatable bonds is 2. The van der Waals surface area contributed by atoms with Gasteiger partial charge >= 0.3 is 6.18 Å². The minimum Gasteiger partial charge on any atom is -0.507 e. The number of benzene rings is 2. The molecule has 2 aromatic carbocycles. The Bertz CT molecular complexity index is 718. The summed E-state index contributed by atoms with van der Waals surface area (Å²) in [5.74, 6) is -0.489. The molecule has 0 saturated heterocycles. The smallest absolute Gasteiger partial charge is 0.419 e. The molecule has 2 aromatic rings. The van der Waals surface area contributed by atoms with Crippen molar-refractivity contribution >= 4 is 0 Å². The van der Waals surface area contributed by atoms with E-state index < -0.39 is 11.7 Å². The van der Waals surface area contributed by atoms with Crippen molar-refractivity contribution in [2.75, 3.05) is 7.11 Å². The zero-order valence-electron chi connectivity index (χ0n) is 10.9. The highest BCUT2D eigenvalue weighted by Crippen LogP contribution is 2.39. The lowest BCUT2D eigenvalue weighted by atomic mass is 10.00. The first-order chi connectivity index (χ1) is 9.86. The summed E-state index contributed by atoms with van der Waals surface area (Å²) in [6.45, 7) is 0. The average molecular weight is 293 g/mol. The molecule has 0 aliphatic carbocycles. The summed E-state index contributed by atoms with van der Waals surface area (Å²) in [7, 11) is 1.17. The van der Waals surface area contributed by atoms with E-state index in [1.165, 1.54) is 37.4 Å². The first kappa shape index (κ1) is 14.7. The number of phenols is 1. The van der Waals surface area contributed by atoms with Crippen LogP contribution in [-0.4, -0.2) is 12.2 Å². The minimum absolute atomic E-state index is 0.00289. The maximum Gasteiger partial charge on any atom is 0.419 e. The number of ether oxygens (including phenoxy) is 1. The number of nitriles is 1. The van der Waals surface area contributed by atoms with Crippen LogP contribution < -0.4 is 4.74 Å². The summed E-state index contributed by atoms with van der Waals surface area (Å²) in [4.78, 5) is 0. The van der Waals surface area contributed by atoms with Gasteiger partial charge in [-0.15, -0.1) is 0 Å². The van der Waals surface area contributed by atoms with E-state index in [9.17, 15) is 18.3 Å². The number of aromatic hydroxyl groups is 1. The van der Waals surface area contributed by atoms with Crippen LogP contribution in [0, 0.1) is 11.3 Å². The van der Waals surface area contributed by atoms with E-state index in [-0.39, 0.29) is 22.6 Å². The topological polar surface area (TPSA) is 53.2 Å². The highest BCUT2D eigenvalue weighted by atomic mass is 19.4. The van der Waals surface area contributed by atoms with Gasteiger partial charge in [-0.1, -0.05) is 12.1 Å². The molecule has 0 bridgehead atoms. The van der Waals surface area contributed by atoms with Crippen LogP contribution in [0.15, 0.2) is 36.4 Å². The molecular weight excluding hydrogens is 283 g/mol. The minimum atomic E-state index is -4.55. The molecule has 0 spiro atoms. The summed E-state index contributed by atoms with van der Waals surface area (Å²) in [5, 5.41) is 18.3. The molecule has 0 amide bonds. The van der Waals surface area contributed by atoms with Gasteiger partial charge in [-0.25, -0.2) is 0 Å². The van der Waals surface area contributed by atoms with E-state index in [1.807, 2.05) is 0 Å². The van der Waals surface area contributed by atoms with Crippen molar-refractivity contribution in [2.45, 2.75) is 6.18 Å². The van der Waals surface area contributed by atoms with Crippen LogP contribution in [-0.2, 0) is 6.18 Å². The average Bonchev–Trinajstić information content (AvgIpc) is 2.46. The van der Waals surface area contributed by atoms with Gasteiger partial charge in [-0.05, 0) is 35.4 Å². The Morgan fingerprint density at radius 2 is 1.71 bits per heavy atom. The van der Waals surface area contributed by atoms with Gasteiger partial charge in [0.15, 0.2) is 0 Å². The number of methoxy groups -OCH3 is 1. The van der Waals surface area contributed by atoms with Crippen LogP contribution in [0.4, 0.5) is 13.2 Å². The number of alkyl halides is 3. The van der Waals surface area contributed by atoms with Crippen LogP contribution >= 0.6 is 0 Å². The number of hydrogen-bond donors (Lipinski definition) is 1. The zero-order valence-corrected chi connectivity index (χ0v) is 10.9. The van der Waals surface area contributed by atoms with E-state index in [0.717, 1.165) is 6.07 Å². The Morgan fingerprint density at radius 1 is 1.10 bits per heavy atom. The highest BCUT2D eigenvalue weighted by Gasteiger charge is 2.34. The molecule has 0 fully saturated rings. The lowest BCUT2D eigenvalue weighted by molar-refractivity contribution is -0.138. The molecule has 3 nitrogen and oxygen atoms in total. The molecule has 0 atom stereocenters. The van der Waals surface area contributed by atoms with E-state index in [4.69, 9.17) is 10.00 Å². The number of hydrogen-bond acceptors (Lipinski definition) is 3. The third kappa shape index (κ3) is 2.92. The Kier molecular flexibility index (Phi) is 3.76. The van der Waals surface area contributed by atoms with Gasteiger partial charge in [0, 0.05) is 0 Å². The van der Waals surface area contributed by atoms with Gasteiger partial charge < -0.3 is 9.84 Å². The van der Waals surface area contributed by atoms with E-state index in [1.54, 1.807) is 6.07 Å². The van der Waals surface area contributed by atoms with Crippen LogP contribution in [0.1, 0.15) is 11.1 Å². The van der Waals surface area contributed by atoms with Crippen molar-refractivity contribution < 1.29 is 23.0 Å². The zero-order chi connectivity index (χ0) is 15.6. The molecule has 2 rings (SSSR count). The first-order valence-electron chi connectivity index (χ1n) is 5.85. The summed E-state index contributed by atoms with van der Waals surface area (Å²) in [5.41, 5.74) is -0.219. The maximum absolute atomic E-state index is 13.0. The predicted molar refractivity (Wildman–Crippen MR) is 69.8 cm³/mol. The molecule has 108 valence electrons. The molecule has 0 aliphatic rings. The molecule has 0 aliphatic heterocycles. The van der Waals surface area contributed by atoms with E-state index in [0.29, 0.717) is 5.56 Å². The molecule has 6 heteroatoms. The third-order valence-corrected chi connectivity index (χ3v) is 2.96. The van der Waals surface area contributed by atoms with Gasteiger partial charge in [0.2, 0.25) is 0 Å². The van der Waals surface area contributed by atoms with Crippen LogP contribution in [0.5, 0.6) is 11.5 Å². The Hall–Kier alpha value is -2.68. The summed E-state index contributed by atoms with van der Waals surface area (Å²) in [6.07, 6.45) is -4.55. The molecule has 1 N–H and O–H groups in total. The molecular formula is C15H10F3NO2. The van der Waals surface area contributed by atoms with Crippen molar-refractivity contribution in [2.24, 2.45) is 0 Å². The molecule has 0 aromatic heterocycles. The Morgan fingerprint density at radius 3 is 2.29 bits per heavy atom. The second-order valence-electron chi connectivity index (χ2n) is 4.26. The second kappa shape index (κ2) is 5.37. The summed E-state index contributed by atoms with van der Waals surface area (Å²) in [6, 6.07) is 9.45. The largest absolute Gasteiger partial charge is 0.507 e. The predicted octanol–water partition coefficient (Wildman–Crippen LogP) is 3.96. The van der Waals surface area contributed by atoms with Crippen molar-refractivity contribution in [1.82, 2.24) is 0 Å². The maximum atomic E-state index is 13.0. The SMILES string of the molecule is COc1ccc(-c2ccc(O)c(C#N)c2)cc1C(F)(F)F. The molecule has 21 heavy (non-hydrogen) atoms. The van der Waals surface area contributed by atoms with Gasteiger partial charge in [0.25, 0.3) is 0 Å². The quantitative estimate of drug-likeness (QED) is 0.911. The van der Waals surface area contributed by atoms with Crippen LogP contribution in [0.2, 0.25) is 0 Å². The monoisotopic (exact) mass is 293 g/mol. The second-order valence-corrected chi connectivity index (χ2v) is 4.26. The van der Waals surface area contributed by atoms with Crippen LogP contribution in [0.3, 0.4) is 0 Å². The summed E-state index contributed by atoms with van der Waals surface area (Å²) >= 11 is 0. The van der Waals surface area contributed by atoms with E-state index in [2.05, 4.69) is 0 Å². The van der Waals surface area contributed by atoms with Crippen LogP contribution in [0.25, 0.3) is 11.1 Å². The molecule has 0 heterocycles. The van der Waals surface area contributed by atoms with Gasteiger partial charge in [-0.3, -0.25) is 0 Å². The van der Waals surface area contributed by atoms with Crippen molar-refractivity contribution in [3.63, 3.8) is 0 Å². The lowest BCUT2D eigenvalue weighted by Crippen LogP contribution is -2.07. The number of halogens is 3. The standard InChI is InChI=1S/C15H10F3NO2/c1-21-14-5-3-10(7-12(14)15(16,17)18)9-2-4-13(20)11(6-9)8-19/h2-7,20H,1H3. The number of phenolic OH excluding ortho intramolecular Hbond substituents is 1. The normalized spacial score (nSPS) is 11.0. The Balaban J connectivity index is 2.58. The van der Waals surface area contributed by atoms with Gasteiger partial charge in [0.1, 0.15) is 17.6 Å². The lowest BCUT2D eigenvalue weighted by Gasteiger charge is -2.13. The van der Waals surface area contributed by atoms with Gasteiger partial charge in [0.05, 0.1) is 18.2 Å². The fourth-order valence-corrected chi connectivity index (χ4v) is 1.91. The Labute approximate surface area is 118 Å². The molecule has 0 radical (unpaired) electrons. The van der Waals surface area contributed by atoms with Gasteiger partial charge in [-0.2, -0.15) is 18.4 Å². The first-order valence-corrected chi connectivity index (χ1v) is 5.85. The van der Waals surface area contributed by atoms with Crippen molar-refractivity contribution in [3.8, 4) is 28.7 Å². The highest BCUT2D eigenvalue weighted by molar-refractivity contribution is 5.69. The van der Waals surface area contributed by atoms with E-state index >= 15 is 0 Å². The fraction of sp³-hybridized carbons (Fsp3) is 0.133. The fourth-order valence-electron chi connectivity index (χ4n) is 1.91. The van der Waals surface area contributed by atoms with Crippen molar-refractivity contribution in [1.29, 1.82) is 5.26 Å². The summed E-state index contributed by atoms with van der Waals surface area (Å²) < 4.78 is 43.6. The van der Waals surface area contributed by atoms with Crippen molar-refractivity contribution in [3.05, 3.63) is 47.5 Å². The molecule has 0 saturated carbocycles. The third-order valence-electron chi connectivity index (χ3n) is 2.96. The molecule has 0 unspecified atom stereocenters. The number of nitrogens with zero attached hydrogens (tertiary/aromatic N) is 1.